The molecule has 2 fully saturated rings. The van der Waals surface area contributed by atoms with Gasteiger partial charge in [-0.05, 0) is 31.0 Å². The van der Waals surface area contributed by atoms with Crippen LogP contribution in [-0.4, -0.2) is 66.7 Å². The molecule has 148 valence electrons. The fourth-order valence-corrected chi connectivity index (χ4v) is 4.56. The summed E-state index contributed by atoms with van der Waals surface area (Å²) in [5.74, 6) is 0.697. The van der Waals surface area contributed by atoms with E-state index < -0.39 is 5.41 Å². The molecule has 0 saturated carbocycles. The summed E-state index contributed by atoms with van der Waals surface area (Å²) in [4.78, 5) is 29.0. The molecule has 3 heterocycles. The van der Waals surface area contributed by atoms with Gasteiger partial charge in [-0.2, -0.15) is 0 Å². The van der Waals surface area contributed by atoms with Crippen molar-refractivity contribution in [1.29, 1.82) is 0 Å². The fraction of sp³-hybridized carbons (Fsp3) is 0.474. The maximum atomic E-state index is 13.4. The van der Waals surface area contributed by atoms with E-state index in [-0.39, 0.29) is 18.4 Å². The molecule has 2 aromatic rings. The summed E-state index contributed by atoms with van der Waals surface area (Å²) in [6.07, 6.45) is 0.593. The molecular weight excluding hydrogens is 378 g/mol. The highest BCUT2D eigenvalue weighted by atomic mass is 32.1. The quantitative estimate of drug-likeness (QED) is 0.800. The number of nitrogens with zero attached hydrogens (tertiary/aromatic N) is 4. The molecule has 0 atom stereocenters. The molecule has 0 aliphatic carbocycles. The Balaban J connectivity index is 1.58. The molecule has 1 aromatic heterocycles. The van der Waals surface area contributed by atoms with Crippen LogP contribution in [0.2, 0.25) is 0 Å². The van der Waals surface area contributed by atoms with Crippen LogP contribution in [0, 0.1) is 12.3 Å². The number of carbonyl (C=O) groups excluding carboxylic acids is 2. The van der Waals surface area contributed by atoms with Gasteiger partial charge in [-0.25, -0.2) is 0 Å². The van der Waals surface area contributed by atoms with Crippen molar-refractivity contribution in [2.45, 2.75) is 13.3 Å². The summed E-state index contributed by atoms with van der Waals surface area (Å²) < 4.78 is 5.33. The van der Waals surface area contributed by atoms with E-state index in [2.05, 4.69) is 20.4 Å². The average Bonchev–Trinajstić information content (AvgIpc) is 3.10. The number of rotatable bonds is 5. The minimum atomic E-state index is -0.580. The van der Waals surface area contributed by atoms with Gasteiger partial charge in [0, 0.05) is 26.2 Å². The highest BCUT2D eigenvalue weighted by molar-refractivity contribution is 7.15. The van der Waals surface area contributed by atoms with Crippen molar-refractivity contribution in [2.24, 2.45) is 5.41 Å². The summed E-state index contributed by atoms with van der Waals surface area (Å²) in [5.41, 5.74) is 0.464. The van der Waals surface area contributed by atoms with Gasteiger partial charge in [0.25, 0.3) is 0 Å². The number of piperazine rings is 1. The van der Waals surface area contributed by atoms with E-state index in [0.29, 0.717) is 32.6 Å². The Bertz CT molecular complexity index is 893. The van der Waals surface area contributed by atoms with Crippen molar-refractivity contribution < 1.29 is 14.3 Å². The lowest BCUT2D eigenvalue weighted by Gasteiger charge is -2.50. The first-order valence-corrected chi connectivity index (χ1v) is 10.0. The predicted octanol–water partition coefficient (Wildman–Crippen LogP) is 0.863. The number of benzene rings is 1. The summed E-state index contributed by atoms with van der Waals surface area (Å²) in [5, 5.41) is 12.8. The van der Waals surface area contributed by atoms with Crippen molar-refractivity contribution >= 4 is 28.3 Å². The number of nitrogens with one attached hydrogen (secondary N) is 1. The molecule has 0 bridgehead atoms. The molecule has 0 spiro atoms. The Morgan fingerprint density at radius 1 is 1.36 bits per heavy atom. The number of amides is 2. The molecule has 9 heteroatoms. The van der Waals surface area contributed by atoms with Crippen LogP contribution < -0.4 is 15.0 Å². The number of carbonyl (C=O) groups is 2. The monoisotopic (exact) mass is 401 g/mol. The molecule has 2 saturated heterocycles. The van der Waals surface area contributed by atoms with Gasteiger partial charge in [0.2, 0.25) is 16.9 Å². The summed E-state index contributed by atoms with van der Waals surface area (Å²) in [6, 6.07) is 7.81. The molecule has 0 unspecified atom stereocenters. The number of aromatic nitrogens is 2. The third-order valence-corrected chi connectivity index (χ3v) is 6.13. The first kappa shape index (κ1) is 18.7. The second-order valence-corrected chi connectivity index (χ2v) is 8.51. The molecular formula is C19H23N5O3S. The first-order chi connectivity index (χ1) is 13.5. The Morgan fingerprint density at radius 2 is 2.18 bits per heavy atom. The smallest absolute Gasteiger partial charge is 0.239 e. The molecule has 2 aliphatic rings. The normalized spacial score (nSPS) is 18.4. The third-order valence-electron chi connectivity index (χ3n) is 5.23. The number of anilines is 1. The van der Waals surface area contributed by atoms with Crippen LogP contribution >= 0.6 is 11.3 Å². The van der Waals surface area contributed by atoms with E-state index in [9.17, 15) is 9.59 Å². The summed E-state index contributed by atoms with van der Waals surface area (Å²) >= 11 is 1.53. The van der Waals surface area contributed by atoms with Gasteiger partial charge in [0.1, 0.15) is 10.8 Å². The van der Waals surface area contributed by atoms with E-state index in [0.717, 1.165) is 21.5 Å². The van der Waals surface area contributed by atoms with E-state index in [4.69, 9.17) is 4.74 Å². The number of aryl methyl sites for hydroxylation is 1. The van der Waals surface area contributed by atoms with Gasteiger partial charge in [-0.1, -0.05) is 23.5 Å². The second kappa shape index (κ2) is 7.38. The lowest BCUT2D eigenvalue weighted by Crippen LogP contribution is -2.67. The maximum Gasteiger partial charge on any atom is 0.239 e. The minimum absolute atomic E-state index is 0.0302. The van der Waals surface area contributed by atoms with Crippen LogP contribution in [-0.2, 0) is 16.0 Å². The second-order valence-electron chi connectivity index (χ2n) is 7.35. The highest BCUT2D eigenvalue weighted by Gasteiger charge is 2.52. The lowest BCUT2D eigenvalue weighted by atomic mass is 9.73. The van der Waals surface area contributed by atoms with Crippen molar-refractivity contribution in [3.63, 3.8) is 0 Å². The zero-order chi connectivity index (χ0) is 19.7. The van der Waals surface area contributed by atoms with Crippen LogP contribution in [0.1, 0.15) is 10.6 Å². The number of hydrogen-bond acceptors (Lipinski definition) is 7. The summed E-state index contributed by atoms with van der Waals surface area (Å²) in [7, 11) is 1.63. The van der Waals surface area contributed by atoms with E-state index in [1.807, 2.05) is 31.2 Å². The first-order valence-electron chi connectivity index (χ1n) is 9.23. The van der Waals surface area contributed by atoms with Gasteiger partial charge in [0.05, 0.1) is 19.1 Å². The van der Waals surface area contributed by atoms with Gasteiger partial charge < -0.3 is 19.9 Å². The van der Waals surface area contributed by atoms with Gasteiger partial charge in [-0.15, -0.1) is 10.2 Å². The topological polar surface area (TPSA) is 87.7 Å². The third kappa shape index (κ3) is 3.54. The van der Waals surface area contributed by atoms with Crippen LogP contribution in [0.5, 0.6) is 5.75 Å². The number of hydrogen-bond donors (Lipinski definition) is 1. The highest BCUT2D eigenvalue weighted by Crippen LogP contribution is 2.40. The Hall–Kier alpha value is -2.68. The average molecular weight is 401 g/mol. The van der Waals surface area contributed by atoms with Gasteiger partial charge >= 0.3 is 0 Å². The molecule has 2 aliphatic heterocycles. The summed E-state index contributed by atoms with van der Waals surface area (Å²) in [6.45, 7) is 4.21. The molecule has 1 N–H and O–H groups in total. The van der Waals surface area contributed by atoms with Gasteiger partial charge in [0.15, 0.2) is 0 Å². The molecule has 4 rings (SSSR count). The van der Waals surface area contributed by atoms with Crippen molar-refractivity contribution in [1.82, 2.24) is 20.4 Å². The Morgan fingerprint density at radius 3 is 2.86 bits per heavy atom. The largest absolute Gasteiger partial charge is 0.497 e. The van der Waals surface area contributed by atoms with Crippen molar-refractivity contribution in [3.05, 3.63) is 34.8 Å². The standard InChI is InChI=1S/C19H23N5O3S/c1-13-21-22-18(28-13)24-11-19(12-24,9-14-4-3-5-15(8-14)27-2)17(26)23-7-6-20-16(25)10-23/h3-5,8H,6-7,9-12H2,1-2H3,(H,20,25). The predicted molar refractivity (Wildman–Crippen MR) is 106 cm³/mol. The number of methoxy groups -OCH3 is 1. The van der Waals surface area contributed by atoms with Crippen LogP contribution in [0.15, 0.2) is 24.3 Å². The molecule has 28 heavy (non-hydrogen) atoms. The number of ether oxygens (including phenoxy) is 1. The fourth-order valence-electron chi connectivity index (χ4n) is 3.88. The Labute approximate surface area is 167 Å². The Kier molecular flexibility index (Phi) is 4.92. The molecule has 8 nitrogen and oxygen atoms in total. The SMILES string of the molecule is COc1cccc(CC2(C(=O)N3CCNC(=O)C3)CN(c3nnc(C)s3)C2)c1. The molecule has 1 aromatic carbocycles. The van der Waals surface area contributed by atoms with Crippen LogP contribution in [0.25, 0.3) is 0 Å². The van der Waals surface area contributed by atoms with Crippen molar-refractivity contribution in [2.75, 3.05) is 44.7 Å². The molecule has 2 amide bonds. The van der Waals surface area contributed by atoms with Gasteiger partial charge in [-0.3, -0.25) is 9.59 Å². The van der Waals surface area contributed by atoms with E-state index in [1.54, 1.807) is 12.0 Å². The lowest BCUT2D eigenvalue weighted by molar-refractivity contribution is -0.148. The van der Waals surface area contributed by atoms with E-state index in [1.165, 1.54) is 11.3 Å². The molecule has 0 radical (unpaired) electrons. The van der Waals surface area contributed by atoms with E-state index >= 15 is 0 Å². The maximum absolute atomic E-state index is 13.4. The minimum Gasteiger partial charge on any atom is -0.497 e. The zero-order valence-corrected chi connectivity index (χ0v) is 16.8. The van der Waals surface area contributed by atoms with Crippen LogP contribution in [0.4, 0.5) is 5.13 Å². The van der Waals surface area contributed by atoms with Crippen molar-refractivity contribution in [3.8, 4) is 5.75 Å². The zero-order valence-electron chi connectivity index (χ0n) is 16.0. The van der Waals surface area contributed by atoms with Crippen LogP contribution in [0.3, 0.4) is 0 Å².